The summed E-state index contributed by atoms with van der Waals surface area (Å²) in [4.78, 5) is 11.2. The molecule has 1 aliphatic heterocycles. The van der Waals surface area contributed by atoms with Crippen LogP contribution < -0.4 is 10.6 Å². The van der Waals surface area contributed by atoms with Gasteiger partial charge in [-0.05, 0) is 25.7 Å². The number of fused-ring (bicyclic) bond motifs is 1. The average molecular weight is 311 g/mol. The average Bonchev–Trinajstić information content (AvgIpc) is 2.99. The summed E-state index contributed by atoms with van der Waals surface area (Å²) in [6.45, 7) is 0.888. The monoisotopic (exact) mass is 311 g/mol. The highest BCUT2D eigenvalue weighted by molar-refractivity contribution is 5.65. The van der Waals surface area contributed by atoms with Gasteiger partial charge in [0.1, 0.15) is 23.7 Å². The third-order valence-electron chi connectivity index (χ3n) is 5.54. The Morgan fingerprint density at radius 2 is 1.96 bits per heavy atom. The molecular formula is C17H21N5O. The minimum absolute atomic E-state index is 0.128. The van der Waals surface area contributed by atoms with E-state index in [0.717, 1.165) is 29.4 Å². The maximum atomic E-state index is 6.20. The number of aromatic nitrogens is 3. The molecule has 2 aromatic rings. The van der Waals surface area contributed by atoms with Crippen molar-refractivity contribution < 1.29 is 4.52 Å². The maximum Gasteiger partial charge on any atom is 0.140 e. The van der Waals surface area contributed by atoms with Crippen molar-refractivity contribution >= 4 is 11.6 Å². The van der Waals surface area contributed by atoms with E-state index in [9.17, 15) is 0 Å². The first-order valence-corrected chi connectivity index (χ1v) is 8.65. The first-order chi connectivity index (χ1) is 11.3. The number of nitrogen functional groups attached to an aromatic ring is 1. The van der Waals surface area contributed by atoms with Crippen LogP contribution in [0.25, 0.3) is 0 Å². The minimum Gasteiger partial charge on any atom is -0.383 e. The van der Waals surface area contributed by atoms with Gasteiger partial charge in [0.25, 0.3) is 0 Å². The number of hydrogen-bond donors (Lipinski definition) is 1. The number of anilines is 2. The highest BCUT2D eigenvalue weighted by Gasteiger charge is 2.40. The van der Waals surface area contributed by atoms with Crippen molar-refractivity contribution in [2.75, 3.05) is 17.2 Å². The Hall–Kier alpha value is -2.11. The van der Waals surface area contributed by atoms with Gasteiger partial charge >= 0.3 is 0 Å². The van der Waals surface area contributed by atoms with E-state index in [1.54, 1.807) is 6.33 Å². The van der Waals surface area contributed by atoms with E-state index < -0.39 is 0 Å². The van der Waals surface area contributed by atoms with Crippen LogP contribution in [0.5, 0.6) is 0 Å². The van der Waals surface area contributed by atoms with Gasteiger partial charge in [-0.25, -0.2) is 9.97 Å². The number of hydrogen-bond acceptors (Lipinski definition) is 6. The quantitative estimate of drug-likeness (QED) is 0.938. The van der Waals surface area contributed by atoms with Gasteiger partial charge in [0, 0.05) is 30.1 Å². The molecular weight excluding hydrogens is 290 g/mol. The molecule has 23 heavy (non-hydrogen) atoms. The van der Waals surface area contributed by atoms with Gasteiger partial charge in [-0.1, -0.05) is 18.0 Å². The minimum atomic E-state index is 0.128. The summed E-state index contributed by atoms with van der Waals surface area (Å²) in [5, 5.41) is 4.35. The highest BCUT2D eigenvalue weighted by Crippen LogP contribution is 2.46. The first kappa shape index (κ1) is 13.3. The molecule has 3 aliphatic rings. The standard InChI is InChI=1S/C17H21N5O/c18-16-15-12(13-7-14(23-21-13)10-5-6-10)8-22(11-3-1-2-4-11)17(15)20-9-19-16/h7,9-12H,1-6,8H2,(H2,18,19,20). The molecule has 2 aliphatic carbocycles. The molecule has 2 N–H and O–H groups in total. The van der Waals surface area contributed by atoms with Crippen LogP contribution in [0.2, 0.25) is 0 Å². The van der Waals surface area contributed by atoms with Gasteiger partial charge in [-0.15, -0.1) is 0 Å². The summed E-state index contributed by atoms with van der Waals surface area (Å²) in [7, 11) is 0. The zero-order chi connectivity index (χ0) is 15.4. The number of rotatable bonds is 3. The third-order valence-corrected chi connectivity index (χ3v) is 5.54. The maximum absolute atomic E-state index is 6.20. The first-order valence-electron chi connectivity index (χ1n) is 8.65. The van der Waals surface area contributed by atoms with Crippen LogP contribution in [-0.4, -0.2) is 27.7 Å². The molecule has 0 spiro atoms. The molecule has 1 atom stereocenters. The largest absolute Gasteiger partial charge is 0.383 e. The second-order valence-electron chi connectivity index (χ2n) is 7.07. The van der Waals surface area contributed by atoms with Crippen LogP contribution in [0.3, 0.4) is 0 Å². The summed E-state index contributed by atoms with van der Waals surface area (Å²) < 4.78 is 5.57. The topological polar surface area (TPSA) is 81.1 Å². The lowest BCUT2D eigenvalue weighted by Crippen LogP contribution is -2.32. The summed E-state index contributed by atoms with van der Waals surface area (Å²) in [6, 6.07) is 2.69. The van der Waals surface area contributed by atoms with Crippen LogP contribution in [0.1, 0.15) is 67.4 Å². The van der Waals surface area contributed by atoms with Crippen molar-refractivity contribution in [3.05, 3.63) is 29.4 Å². The lowest BCUT2D eigenvalue weighted by Gasteiger charge is -2.25. The zero-order valence-electron chi connectivity index (χ0n) is 13.1. The molecule has 3 heterocycles. The Labute approximate surface area is 135 Å². The fourth-order valence-corrected chi connectivity index (χ4v) is 4.14. The molecule has 0 saturated heterocycles. The van der Waals surface area contributed by atoms with Crippen LogP contribution in [0.4, 0.5) is 11.6 Å². The molecule has 6 nitrogen and oxygen atoms in total. The SMILES string of the molecule is Nc1ncnc2c1C(c1cc(C3CC3)on1)CN2C1CCCC1. The molecule has 120 valence electrons. The van der Waals surface area contributed by atoms with Crippen LogP contribution in [0, 0.1) is 0 Å². The Bertz CT molecular complexity index is 732. The molecule has 1 unspecified atom stereocenters. The van der Waals surface area contributed by atoms with E-state index in [-0.39, 0.29) is 5.92 Å². The molecule has 0 aromatic carbocycles. The normalized spacial score (nSPS) is 24.3. The summed E-state index contributed by atoms with van der Waals surface area (Å²) in [6.07, 6.45) is 9.10. The molecule has 2 fully saturated rings. The summed E-state index contributed by atoms with van der Waals surface area (Å²) >= 11 is 0. The van der Waals surface area contributed by atoms with Gasteiger partial charge in [0.2, 0.25) is 0 Å². The van der Waals surface area contributed by atoms with E-state index >= 15 is 0 Å². The molecule has 0 bridgehead atoms. The zero-order valence-corrected chi connectivity index (χ0v) is 13.1. The molecule has 2 aromatic heterocycles. The van der Waals surface area contributed by atoms with Crippen molar-refractivity contribution in [2.45, 2.75) is 56.4 Å². The Balaban J connectivity index is 1.54. The third kappa shape index (κ3) is 2.11. The second-order valence-corrected chi connectivity index (χ2v) is 7.07. The van der Waals surface area contributed by atoms with Crippen molar-refractivity contribution in [3.63, 3.8) is 0 Å². The number of nitrogens with two attached hydrogens (primary N) is 1. The lowest BCUT2D eigenvalue weighted by molar-refractivity contribution is 0.376. The van der Waals surface area contributed by atoms with Crippen LogP contribution in [-0.2, 0) is 0 Å². The van der Waals surface area contributed by atoms with Crippen molar-refractivity contribution in [3.8, 4) is 0 Å². The van der Waals surface area contributed by atoms with Crippen LogP contribution in [0.15, 0.2) is 16.9 Å². The van der Waals surface area contributed by atoms with Gasteiger partial charge in [-0.2, -0.15) is 0 Å². The van der Waals surface area contributed by atoms with Crippen molar-refractivity contribution in [2.24, 2.45) is 0 Å². The predicted molar refractivity (Wildman–Crippen MR) is 86.4 cm³/mol. The Morgan fingerprint density at radius 1 is 1.13 bits per heavy atom. The van der Waals surface area contributed by atoms with E-state index in [0.29, 0.717) is 17.8 Å². The smallest absolute Gasteiger partial charge is 0.140 e. The Morgan fingerprint density at radius 3 is 2.74 bits per heavy atom. The van der Waals surface area contributed by atoms with Gasteiger partial charge in [0.15, 0.2) is 0 Å². The fraction of sp³-hybridized carbons (Fsp3) is 0.588. The van der Waals surface area contributed by atoms with E-state index in [1.165, 1.54) is 38.5 Å². The van der Waals surface area contributed by atoms with Gasteiger partial charge < -0.3 is 15.2 Å². The van der Waals surface area contributed by atoms with Crippen molar-refractivity contribution in [1.29, 1.82) is 0 Å². The second kappa shape index (κ2) is 4.94. The molecule has 5 rings (SSSR count). The summed E-state index contributed by atoms with van der Waals surface area (Å²) in [5.41, 5.74) is 8.22. The summed E-state index contributed by atoms with van der Waals surface area (Å²) in [5.74, 6) is 3.31. The molecule has 0 radical (unpaired) electrons. The highest BCUT2D eigenvalue weighted by atomic mass is 16.5. The molecule has 2 saturated carbocycles. The number of nitrogens with zero attached hydrogens (tertiary/aromatic N) is 4. The molecule has 0 amide bonds. The lowest BCUT2D eigenvalue weighted by atomic mass is 9.99. The predicted octanol–water partition coefficient (Wildman–Crippen LogP) is 2.82. The van der Waals surface area contributed by atoms with Gasteiger partial charge in [0.05, 0.1) is 11.6 Å². The van der Waals surface area contributed by atoms with Crippen molar-refractivity contribution in [1.82, 2.24) is 15.1 Å². The van der Waals surface area contributed by atoms with E-state index in [2.05, 4.69) is 26.1 Å². The van der Waals surface area contributed by atoms with E-state index in [4.69, 9.17) is 10.3 Å². The molecule has 6 heteroatoms. The Kier molecular flexibility index (Phi) is 2.87. The van der Waals surface area contributed by atoms with Crippen LogP contribution >= 0.6 is 0 Å². The fourth-order valence-electron chi connectivity index (χ4n) is 4.14. The van der Waals surface area contributed by atoms with Gasteiger partial charge in [-0.3, -0.25) is 0 Å². The van der Waals surface area contributed by atoms with E-state index in [1.807, 2.05) is 0 Å².